The Morgan fingerprint density at radius 3 is 1.87 bits per heavy atom. The second kappa shape index (κ2) is 9.61. The maximum atomic E-state index is 2.60. The molecule has 0 atom stereocenters. The number of nitrogens with zero attached hydrogens (tertiary/aromatic N) is 2. The third-order valence-electron chi connectivity index (χ3n) is 9.72. The van der Waals surface area contributed by atoms with Gasteiger partial charge in [0.15, 0.2) is 0 Å². The summed E-state index contributed by atoms with van der Waals surface area (Å²) in [5.41, 5.74) is 12.7. The minimum Gasteiger partial charge on any atom is -0.376 e. The fraction of sp³-hybridized carbons (Fsp3) is 0.0952. The lowest BCUT2D eigenvalue weighted by Crippen LogP contribution is -2.61. The molecule has 45 heavy (non-hydrogen) atoms. The Morgan fingerprint density at radius 2 is 1.04 bits per heavy atom. The Balaban J connectivity index is 1.39. The van der Waals surface area contributed by atoms with Crippen LogP contribution in [0.3, 0.4) is 0 Å². The van der Waals surface area contributed by atoms with Crippen molar-refractivity contribution in [2.75, 3.05) is 9.71 Å². The van der Waals surface area contributed by atoms with Gasteiger partial charge in [-0.05, 0) is 80.0 Å². The van der Waals surface area contributed by atoms with Gasteiger partial charge < -0.3 is 9.71 Å². The monoisotopic (exact) mass is 576 g/mol. The summed E-state index contributed by atoms with van der Waals surface area (Å²) in [5, 5.41) is 5.05. The molecule has 9 rings (SSSR count). The largest absolute Gasteiger partial charge is 0.376 e. The van der Waals surface area contributed by atoms with Gasteiger partial charge in [0.1, 0.15) is 0 Å². The number of anilines is 5. The zero-order valence-corrected chi connectivity index (χ0v) is 25.8. The third-order valence-corrected chi connectivity index (χ3v) is 9.72. The summed E-state index contributed by atoms with van der Waals surface area (Å²) in [6.07, 6.45) is 0. The lowest BCUT2D eigenvalue weighted by Gasteiger charge is -2.46. The minimum atomic E-state index is -0.0540. The van der Waals surface area contributed by atoms with Crippen LogP contribution >= 0.6 is 0 Å². The molecular weight excluding hydrogens is 543 g/mol. The Labute approximate surface area is 265 Å². The second-order valence-corrected chi connectivity index (χ2v) is 13.4. The lowest BCUT2D eigenvalue weighted by atomic mass is 9.43. The molecule has 0 amide bonds. The molecule has 0 saturated heterocycles. The van der Waals surface area contributed by atoms with Gasteiger partial charge in [-0.3, -0.25) is 0 Å². The molecule has 2 aliphatic rings. The standard InChI is InChI=1S/C42H33BN2/c1-42(2,3)34-26-29-15-4-5-16-30(29)27-40(34)44-38-23-11-9-21-35(38)43-41-33(20-13-25-39(41)44)32-19-8-10-22-37(32)45(43)36-24-12-17-28-14-6-7-18-31(28)36/h4-27H,1-3H3. The van der Waals surface area contributed by atoms with E-state index in [0.717, 1.165) is 0 Å². The summed E-state index contributed by atoms with van der Waals surface area (Å²) in [7, 11) is 0. The molecule has 0 N–H and O–H groups in total. The predicted molar refractivity (Wildman–Crippen MR) is 194 cm³/mol. The van der Waals surface area contributed by atoms with Crippen LogP contribution in [-0.4, -0.2) is 6.85 Å². The van der Waals surface area contributed by atoms with Crippen LogP contribution in [0.2, 0.25) is 0 Å². The van der Waals surface area contributed by atoms with Crippen LogP contribution < -0.4 is 20.6 Å². The molecule has 0 aromatic heterocycles. The molecule has 0 saturated carbocycles. The smallest absolute Gasteiger partial charge is 0.333 e. The Bertz CT molecular complexity index is 2290. The average Bonchev–Trinajstić information content (AvgIpc) is 3.07. The van der Waals surface area contributed by atoms with Gasteiger partial charge in [0.25, 0.3) is 0 Å². The molecule has 0 radical (unpaired) electrons. The van der Waals surface area contributed by atoms with E-state index in [1.165, 1.54) is 77.6 Å². The molecule has 2 aliphatic heterocycles. The van der Waals surface area contributed by atoms with Gasteiger partial charge in [-0.15, -0.1) is 0 Å². The minimum absolute atomic E-state index is 0.0166. The number of para-hydroxylation sites is 2. The maximum Gasteiger partial charge on any atom is 0.333 e. The molecule has 0 aliphatic carbocycles. The van der Waals surface area contributed by atoms with Gasteiger partial charge in [-0.25, -0.2) is 0 Å². The Morgan fingerprint density at radius 1 is 0.467 bits per heavy atom. The van der Waals surface area contributed by atoms with Crippen molar-refractivity contribution in [2.45, 2.75) is 26.2 Å². The van der Waals surface area contributed by atoms with Crippen LogP contribution in [0.5, 0.6) is 0 Å². The van der Waals surface area contributed by atoms with E-state index < -0.39 is 0 Å². The highest BCUT2D eigenvalue weighted by molar-refractivity contribution is 6.93. The fourth-order valence-corrected chi connectivity index (χ4v) is 7.76. The van der Waals surface area contributed by atoms with Crippen molar-refractivity contribution in [1.29, 1.82) is 0 Å². The predicted octanol–water partition coefficient (Wildman–Crippen LogP) is 10.00. The lowest BCUT2D eigenvalue weighted by molar-refractivity contribution is 0.592. The fourth-order valence-electron chi connectivity index (χ4n) is 7.76. The number of hydrogen-bond donors (Lipinski definition) is 0. The van der Waals surface area contributed by atoms with E-state index in [4.69, 9.17) is 0 Å². The van der Waals surface area contributed by atoms with Gasteiger partial charge in [0, 0.05) is 33.7 Å². The first-order valence-corrected chi connectivity index (χ1v) is 15.9. The van der Waals surface area contributed by atoms with Crippen LogP contribution in [0.4, 0.5) is 28.4 Å². The highest BCUT2D eigenvalue weighted by atomic mass is 15.2. The third kappa shape index (κ3) is 3.83. The van der Waals surface area contributed by atoms with Gasteiger partial charge in [-0.2, -0.15) is 0 Å². The van der Waals surface area contributed by atoms with Crippen molar-refractivity contribution >= 4 is 67.8 Å². The van der Waals surface area contributed by atoms with Crippen molar-refractivity contribution in [2.24, 2.45) is 0 Å². The topological polar surface area (TPSA) is 6.48 Å². The van der Waals surface area contributed by atoms with Gasteiger partial charge in [0.2, 0.25) is 0 Å². The Hall–Kier alpha value is -5.28. The Kier molecular flexibility index (Phi) is 5.59. The van der Waals surface area contributed by atoms with Crippen LogP contribution in [0.15, 0.2) is 146 Å². The van der Waals surface area contributed by atoms with Gasteiger partial charge in [0.05, 0.1) is 5.69 Å². The summed E-state index contributed by atoms with van der Waals surface area (Å²) >= 11 is 0. The summed E-state index contributed by atoms with van der Waals surface area (Å²) in [6.45, 7) is 7.01. The van der Waals surface area contributed by atoms with E-state index in [9.17, 15) is 0 Å². The van der Waals surface area contributed by atoms with E-state index in [0.29, 0.717) is 0 Å². The zero-order valence-electron chi connectivity index (χ0n) is 25.8. The van der Waals surface area contributed by atoms with Crippen LogP contribution in [0.1, 0.15) is 26.3 Å². The van der Waals surface area contributed by atoms with E-state index in [1.807, 2.05) is 0 Å². The van der Waals surface area contributed by atoms with Crippen LogP contribution in [0, 0.1) is 0 Å². The summed E-state index contributed by atoms with van der Waals surface area (Å²) < 4.78 is 0. The van der Waals surface area contributed by atoms with Crippen LogP contribution in [-0.2, 0) is 5.41 Å². The van der Waals surface area contributed by atoms with Crippen LogP contribution in [0.25, 0.3) is 32.7 Å². The highest BCUT2D eigenvalue weighted by Crippen LogP contribution is 2.49. The van der Waals surface area contributed by atoms with Crippen molar-refractivity contribution in [3.05, 3.63) is 151 Å². The molecule has 0 spiro atoms. The average molecular weight is 577 g/mol. The second-order valence-electron chi connectivity index (χ2n) is 13.4. The highest BCUT2D eigenvalue weighted by Gasteiger charge is 2.45. The molecule has 214 valence electrons. The molecule has 0 fully saturated rings. The van der Waals surface area contributed by atoms with Crippen molar-refractivity contribution < 1.29 is 0 Å². The molecular formula is C42H33BN2. The van der Waals surface area contributed by atoms with E-state index in [-0.39, 0.29) is 12.3 Å². The van der Waals surface area contributed by atoms with E-state index >= 15 is 0 Å². The SMILES string of the molecule is CC(C)(C)c1cc2ccccc2cc1N1c2ccccc2B2c3c(cccc31)-c1ccccc1N2c1cccc2ccccc12. The quantitative estimate of drug-likeness (QED) is 0.189. The van der Waals surface area contributed by atoms with E-state index in [1.54, 1.807) is 0 Å². The van der Waals surface area contributed by atoms with Crippen molar-refractivity contribution in [3.8, 4) is 11.1 Å². The number of hydrogen-bond acceptors (Lipinski definition) is 2. The summed E-state index contributed by atoms with van der Waals surface area (Å²) in [4.78, 5) is 5.15. The van der Waals surface area contributed by atoms with Crippen molar-refractivity contribution in [3.63, 3.8) is 0 Å². The molecule has 0 bridgehead atoms. The first-order chi connectivity index (χ1) is 22.0. The van der Waals surface area contributed by atoms with E-state index in [2.05, 4.69) is 176 Å². The molecule has 0 unspecified atom stereocenters. The first-order valence-electron chi connectivity index (χ1n) is 15.9. The zero-order chi connectivity index (χ0) is 30.3. The summed E-state index contributed by atoms with van der Waals surface area (Å²) in [6, 6.07) is 54.0. The summed E-state index contributed by atoms with van der Waals surface area (Å²) in [5.74, 6) is 0. The molecule has 7 aromatic carbocycles. The molecule has 3 heteroatoms. The maximum absolute atomic E-state index is 2.60. The number of rotatable bonds is 2. The van der Waals surface area contributed by atoms with Gasteiger partial charge >= 0.3 is 6.85 Å². The van der Waals surface area contributed by atoms with Gasteiger partial charge in [-0.1, -0.05) is 130 Å². The number of fused-ring (bicyclic) bond motifs is 6. The first kappa shape index (κ1) is 26.2. The molecule has 2 nitrogen and oxygen atoms in total. The molecule has 7 aromatic rings. The number of benzene rings is 7. The normalized spacial score (nSPS) is 13.5. The van der Waals surface area contributed by atoms with Crippen molar-refractivity contribution in [1.82, 2.24) is 0 Å². The molecule has 2 heterocycles.